The summed E-state index contributed by atoms with van der Waals surface area (Å²) in [5.41, 5.74) is 0.398. The lowest BCUT2D eigenvalue weighted by atomic mass is 9.81. The summed E-state index contributed by atoms with van der Waals surface area (Å²) in [6, 6.07) is 7.93. The molecule has 1 aromatic carbocycles. The van der Waals surface area contributed by atoms with E-state index in [9.17, 15) is 9.90 Å². The van der Waals surface area contributed by atoms with E-state index < -0.39 is 5.60 Å². The molecule has 32 heavy (non-hydrogen) atoms. The fourth-order valence-electron chi connectivity index (χ4n) is 4.38. The third kappa shape index (κ3) is 13.9. The predicted octanol–water partition coefficient (Wildman–Crippen LogP) is 6.96. The Kier molecular flexibility index (Phi) is 15.3. The number of carbonyl (C=O) groups excluding carboxylic acids is 1. The number of benzene rings is 1. The monoisotopic (exact) mass is 448 g/mol. The highest BCUT2D eigenvalue weighted by Gasteiger charge is 2.27. The molecule has 1 aromatic rings. The molecule has 1 rings (SSSR count). The molecule has 4 heteroatoms. The molecule has 184 valence electrons. The summed E-state index contributed by atoms with van der Waals surface area (Å²) in [4.78, 5) is 10.9. The van der Waals surface area contributed by atoms with E-state index >= 15 is 0 Å². The maximum atomic E-state index is 10.9. The van der Waals surface area contributed by atoms with Crippen LogP contribution in [0.25, 0.3) is 0 Å². The quantitative estimate of drug-likeness (QED) is 0.212. The number of hydrogen-bond acceptors (Lipinski definition) is 4. The van der Waals surface area contributed by atoms with Crippen LogP contribution >= 0.6 is 0 Å². The number of aliphatic hydroxyl groups is 2. The van der Waals surface area contributed by atoms with Gasteiger partial charge in [-0.05, 0) is 51.3 Å². The molecule has 0 amide bonds. The number of carbonyl (C=O) groups is 1. The van der Waals surface area contributed by atoms with Crippen LogP contribution in [0.3, 0.4) is 0 Å². The Hall–Kier alpha value is -1.39. The van der Waals surface area contributed by atoms with Crippen molar-refractivity contribution in [2.24, 2.45) is 0 Å². The van der Waals surface area contributed by atoms with Crippen LogP contribution < -0.4 is 4.74 Å². The average Bonchev–Trinajstić information content (AvgIpc) is 2.74. The molecule has 0 aliphatic rings. The first kappa shape index (κ1) is 28.6. The van der Waals surface area contributed by atoms with Gasteiger partial charge in [0.1, 0.15) is 18.1 Å². The van der Waals surface area contributed by atoms with Gasteiger partial charge in [-0.1, -0.05) is 82.8 Å². The summed E-state index contributed by atoms with van der Waals surface area (Å²) >= 11 is 0. The van der Waals surface area contributed by atoms with Crippen molar-refractivity contribution >= 4 is 5.78 Å². The number of ketones is 1. The molecule has 0 bridgehead atoms. The Morgan fingerprint density at radius 2 is 1.31 bits per heavy atom. The molecule has 0 saturated carbocycles. The summed E-state index contributed by atoms with van der Waals surface area (Å²) in [6.45, 7) is 5.80. The van der Waals surface area contributed by atoms with Crippen molar-refractivity contribution in [3.8, 4) is 5.75 Å². The van der Waals surface area contributed by atoms with Crippen LogP contribution in [0.1, 0.15) is 122 Å². The van der Waals surface area contributed by atoms with Gasteiger partial charge in [0.25, 0.3) is 0 Å². The Bertz CT molecular complexity index is 588. The van der Waals surface area contributed by atoms with Gasteiger partial charge < -0.3 is 19.7 Å². The van der Waals surface area contributed by atoms with Crippen molar-refractivity contribution in [3.63, 3.8) is 0 Å². The first-order chi connectivity index (χ1) is 15.3. The molecule has 0 aliphatic carbocycles. The molecular weight excluding hydrogens is 400 g/mol. The molecule has 0 spiro atoms. The molecule has 2 N–H and O–H groups in total. The number of hydrogen-bond donors (Lipinski definition) is 2. The van der Waals surface area contributed by atoms with Crippen LogP contribution in [-0.2, 0) is 4.79 Å². The van der Waals surface area contributed by atoms with Crippen LogP contribution in [0.4, 0.5) is 0 Å². The molecule has 0 saturated heterocycles. The van der Waals surface area contributed by atoms with E-state index in [1.165, 1.54) is 64.2 Å². The minimum absolute atomic E-state index is 0.0111. The van der Waals surface area contributed by atoms with Crippen molar-refractivity contribution < 1.29 is 19.7 Å². The number of rotatable bonds is 20. The van der Waals surface area contributed by atoms with Gasteiger partial charge in [0.2, 0.25) is 0 Å². The van der Waals surface area contributed by atoms with Crippen LogP contribution in [0, 0.1) is 0 Å². The number of Topliss-reactive ketones (excluding diaryl/α,β-unsaturated/α-hetero) is 1. The van der Waals surface area contributed by atoms with E-state index in [2.05, 4.69) is 0 Å². The third-order valence-electron chi connectivity index (χ3n) is 6.27. The van der Waals surface area contributed by atoms with E-state index in [-0.39, 0.29) is 12.5 Å². The molecule has 1 atom stereocenters. The average molecular weight is 449 g/mol. The second-order valence-electron chi connectivity index (χ2n) is 9.83. The second-order valence-corrected chi connectivity index (χ2v) is 9.83. The summed E-state index contributed by atoms with van der Waals surface area (Å²) < 4.78 is 5.44. The van der Waals surface area contributed by atoms with Gasteiger partial charge in [0.05, 0.1) is 12.2 Å². The highest BCUT2D eigenvalue weighted by atomic mass is 16.5. The van der Waals surface area contributed by atoms with E-state index in [0.717, 1.165) is 37.0 Å². The molecule has 0 aliphatic heterocycles. The van der Waals surface area contributed by atoms with E-state index in [1.807, 2.05) is 38.1 Å². The third-order valence-corrected chi connectivity index (χ3v) is 6.27. The van der Waals surface area contributed by atoms with Gasteiger partial charge in [-0.25, -0.2) is 0 Å². The summed E-state index contributed by atoms with van der Waals surface area (Å²) in [7, 11) is 0. The van der Waals surface area contributed by atoms with Crippen LogP contribution in [-0.4, -0.2) is 34.8 Å². The lowest BCUT2D eigenvalue weighted by Crippen LogP contribution is -2.29. The van der Waals surface area contributed by atoms with Gasteiger partial charge in [0, 0.05) is 12.3 Å². The fourth-order valence-corrected chi connectivity index (χ4v) is 4.38. The Morgan fingerprint density at radius 1 is 0.844 bits per heavy atom. The molecule has 0 radical (unpaired) electrons. The zero-order valence-corrected chi connectivity index (χ0v) is 20.9. The largest absolute Gasteiger partial charge is 0.491 e. The Balaban J connectivity index is 2.13. The van der Waals surface area contributed by atoms with E-state index in [1.54, 1.807) is 6.92 Å². The predicted molar refractivity (Wildman–Crippen MR) is 133 cm³/mol. The van der Waals surface area contributed by atoms with Crippen molar-refractivity contribution in [2.45, 2.75) is 122 Å². The highest BCUT2D eigenvalue weighted by Crippen LogP contribution is 2.34. The first-order valence-electron chi connectivity index (χ1n) is 12.9. The SMILES string of the molecule is CC(=O)CCCCCCCCCCCCCCC(c1ccc(OCCO)cc1)C(C)(C)O. The van der Waals surface area contributed by atoms with Crippen molar-refractivity contribution in [1.82, 2.24) is 0 Å². The lowest BCUT2D eigenvalue weighted by molar-refractivity contribution is -0.117. The number of ether oxygens (including phenoxy) is 1. The van der Waals surface area contributed by atoms with Gasteiger partial charge in [-0.15, -0.1) is 0 Å². The zero-order valence-electron chi connectivity index (χ0n) is 20.9. The van der Waals surface area contributed by atoms with Crippen LogP contribution in [0.2, 0.25) is 0 Å². The maximum Gasteiger partial charge on any atom is 0.129 e. The molecule has 4 nitrogen and oxygen atoms in total. The highest BCUT2D eigenvalue weighted by molar-refractivity contribution is 5.75. The van der Waals surface area contributed by atoms with Crippen LogP contribution in [0.15, 0.2) is 24.3 Å². The van der Waals surface area contributed by atoms with Crippen molar-refractivity contribution in [1.29, 1.82) is 0 Å². The molecule has 1 unspecified atom stereocenters. The van der Waals surface area contributed by atoms with Gasteiger partial charge >= 0.3 is 0 Å². The first-order valence-corrected chi connectivity index (χ1v) is 12.9. The lowest BCUT2D eigenvalue weighted by Gasteiger charge is -2.30. The summed E-state index contributed by atoms with van der Waals surface area (Å²) in [5.74, 6) is 1.19. The molecule has 0 aromatic heterocycles. The Morgan fingerprint density at radius 3 is 1.75 bits per heavy atom. The summed E-state index contributed by atoms with van der Waals surface area (Å²) in [5, 5.41) is 19.6. The number of unbranched alkanes of at least 4 members (excludes halogenated alkanes) is 11. The normalized spacial score (nSPS) is 12.7. The van der Waals surface area contributed by atoms with Gasteiger partial charge in [-0.2, -0.15) is 0 Å². The standard InChI is InChI=1S/C28H48O4/c1-24(30)16-14-12-10-8-6-4-5-7-9-11-13-15-17-27(28(2,3)31)25-18-20-26(21-19-25)32-23-22-29/h18-21,27,29,31H,4-17,22-23H2,1-3H3. The maximum absolute atomic E-state index is 10.9. The molecule has 0 heterocycles. The van der Waals surface area contributed by atoms with Crippen molar-refractivity contribution in [3.05, 3.63) is 29.8 Å². The molecule has 0 fully saturated rings. The fraction of sp³-hybridized carbons (Fsp3) is 0.750. The zero-order chi connectivity index (χ0) is 23.7. The van der Waals surface area contributed by atoms with Crippen LogP contribution in [0.5, 0.6) is 5.75 Å². The summed E-state index contributed by atoms with van der Waals surface area (Å²) in [6.07, 6.45) is 16.9. The van der Waals surface area contributed by atoms with E-state index in [4.69, 9.17) is 9.84 Å². The van der Waals surface area contributed by atoms with Gasteiger partial charge in [-0.3, -0.25) is 0 Å². The topological polar surface area (TPSA) is 66.8 Å². The minimum Gasteiger partial charge on any atom is -0.491 e. The smallest absolute Gasteiger partial charge is 0.129 e. The van der Waals surface area contributed by atoms with Gasteiger partial charge in [0.15, 0.2) is 0 Å². The Labute approximate surface area is 196 Å². The van der Waals surface area contributed by atoms with Crippen molar-refractivity contribution in [2.75, 3.05) is 13.2 Å². The van der Waals surface area contributed by atoms with E-state index in [0.29, 0.717) is 12.4 Å². The minimum atomic E-state index is -0.750. The number of aliphatic hydroxyl groups excluding tert-OH is 1. The second kappa shape index (κ2) is 17.1. The molecular formula is C28H48O4.